The number of anilines is 1. The number of hydrogen-bond acceptors (Lipinski definition) is 6. The van der Waals surface area contributed by atoms with Crippen LogP contribution in [0.4, 0.5) is 13.9 Å². The van der Waals surface area contributed by atoms with Gasteiger partial charge in [0.2, 0.25) is 11.8 Å². The quantitative estimate of drug-likeness (QED) is 0.514. The van der Waals surface area contributed by atoms with Crippen molar-refractivity contribution in [2.75, 3.05) is 11.9 Å². The molecule has 0 saturated carbocycles. The van der Waals surface area contributed by atoms with Crippen LogP contribution in [0.25, 0.3) is 11.3 Å². The van der Waals surface area contributed by atoms with Crippen LogP contribution in [0.2, 0.25) is 0 Å². The van der Waals surface area contributed by atoms with E-state index in [1.165, 1.54) is 11.1 Å². The number of carbonyl (C=O) groups excluding carboxylic acids is 2. The lowest BCUT2D eigenvalue weighted by Crippen LogP contribution is -2.24. The van der Waals surface area contributed by atoms with Gasteiger partial charge in [-0.2, -0.15) is 13.9 Å². The molecule has 1 aliphatic rings. The lowest BCUT2D eigenvalue weighted by Gasteiger charge is -2.10. The van der Waals surface area contributed by atoms with Crippen molar-refractivity contribution in [2.45, 2.75) is 25.9 Å². The van der Waals surface area contributed by atoms with Gasteiger partial charge in [0.1, 0.15) is 5.75 Å². The van der Waals surface area contributed by atoms with Crippen LogP contribution >= 0.6 is 11.3 Å². The normalized spacial score (nSPS) is 13.2. The first-order valence-corrected chi connectivity index (χ1v) is 11.1. The number of halogens is 2. The maximum atomic E-state index is 12.6. The molecule has 0 spiro atoms. The predicted molar refractivity (Wildman–Crippen MR) is 121 cm³/mol. The Morgan fingerprint density at radius 3 is 2.64 bits per heavy atom. The molecule has 0 fully saturated rings. The summed E-state index contributed by atoms with van der Waals surface area (Å²) in [5, 5.41) is 10.4. The Balaban J connectivity index is 1.31. The molecule has 0 unspecified atom stereocenters. The van der Waals surface area contributed by atoms with Crippen LogP contribution in [0, 0.1) is 0 Å². The second kappa shape index (κ2) is 10.3. The van der Waals surface area contributed by atoms with Crippen LogP contribution in [-0.2, 0) is 9.59 Å². The maximum Gasteiger partial charge on any atom is 0.387 e. The molecule has 2 heterocycles. The van der Waals surface area contributed by atoms with Crippen molar-refractivity contribution in [3.63, 3.8) is 0 Å². The predicted octanol–water partition coefficient (Wildman–Crippen LogP) is 4.77. The lowest BCUT2D eigenvalue weighted by molar-refractivity contribution is -0.132. The fourth-order valence-electron chi connectivity index (χ4n) is 3.33. The second-order valence-corrected chi connectivity index (χ2v) is 8.00. The number of para-hydroxylation sites is 1. The van der Waals surface area contributed by atoms with E-state index in [-0.39, 0.29) is 30.4 Å². The number of nitrogens with zero attached hydrogens (tertiary/aromatic N) is 3. The number of thiazole rings is 1. The Bertz CT molecular complexity index is 1170. The summed E-state index contributed by atoms with van der Waals surface area (Å²) in [6, 6.07) is 15.9. The number of alkyl halides is 2. The standard InChI is InChI=1S/C23H20F2N4O3S/c24-22(25)32-19-9-5-4-8-16(19)18-14-33-23(26-18)27-20(30)10-11-21(31)29-13-12-17(28-29)15-6-2-1-3-7-15/h1-9,14,22H,10-13H2,(H,26,27,30). The van der Waals surface area contributed by atoms with Gasteiger partial charge in [-0.25, -0.2) is 9.99 Å². The zero-order valence-corrected chi connectivity index (χ0v) is 18.2. The van der Waals surface area contributed by atoms with Crippen molar-refractivity contribution in [1.82, 2.24) is 9.99 Å². The Hall–Kier alpha value is -3.66. The van der Waals surface area contributed by atoms with Crippen LogP contribution in [-0.4, -0.2) is 40.7 Å². The summed E-state index contributed by atoms with van der Waals surface area (Å²) < 4.78 is 29.8. The van der Waals surface area contributed by atoms with Gasteiger partial charge in [0.25, 0.3) is 0 Å². The molecule has 3 aromatic rings. The average molecular weight is 471 g/mol. The van der Waals surface area contributed by atoms with Crippen LogP contribution in [0.5, 0.6) is 5.75 Å². The summed E-state index contributed by atoms with van der Waals surface area (Å²) in [6.45, 7) is -2.47. The summed E-state index contributed by atoms with van der Waals surface area (Å²) in [5.74, 6) is -0.593. The number of carbonyl (C=O) groups is 2. The minimum absolute atomic E-state index is 0.00214. The molecule has 0 bridgehead atoms. The molecule has 7 nitrogen and oxygen atoms in total. The van der Waals surface area contributed by atoms with Gasteiger partial charge in [0.05, 0.1) is 18.0 Å². The second-order valence-electron chi connectivity index (χ2n) is 7.14. The highest BCUT2D eigenvalue weighted by Crippen LogP contribution is 2.33. The number of hydrogen-bond donors (Lipinski definition) is 1. The van der Waals surface area contributed by atoms with Gasteiger partial charge in [-0.05, 0) is 17.7 Å². The molecule has 0 aliphatic carbocycles. The lowest BCUT2D eigenvalue weighted by atomic mass is 10.1. The van der Waals surface area contributed by atoms with Crippen molar-refractivity contribution in [3.8, 4) is 17.0 Å². The number of nitrogens with one attached hydrogen (secondary N) is 1. The molecule has 2 aromatic carbocycles. The van der Waals surface area contributed by atoms with E-state index in [0.29, 0.717) is 29.4 Å². The van der Waals surface area contributed by atoms with Crippen LogP contribution in [0.3, 0.4) is 0 Å². The molecule has 33 heavy (non-hydrogen) atoms. The minimum atomic E-state index is -2.95. The van der Waals surface area contributed by atoms with Gasteiger partial charge >= 0.3 is 6.61 Å². The molecule has 1 aromatic heterocycles. The molecule has 1 N–H and O–H groups in total. The van der Waals surface area contributed by atoms with Crippen molar-refractivity contribution in [1.29, 1.82) is 0 Å². The van der Waals surface area contributed by atoms with Crippen LogP contribution in [0.15, 0.2) is 65.1 Å². The first-order chi connectivity index (χ1) is 16.0. The van der Waals surface area contributed by atoms with Crippen molar-refractivity contribution < 1.29 is 23.1 Å². The number of benzene rings is 2. The first-order valence-electron chi connectivity index (χ1n) is 10.2. The molecular formula is C23H20F2N4O3S. The largest absolute Gasteiger partial charge is 0.434 e. The zero-order valence-electron chi connectivity index (χ0n) is 17.4. The van der Waals surface area contributed by atoms with E-state index < -0.39 is 6.61 Å². The summed E-state index contributed by atoms with van der Waals surface area (Å²) in [6.07, 6.45) is 0.660. The van der Waals surface area contributed by atoms with Crippen molar-refractivity contribution in [3.05, 3.63) is 65.5 Å². The maximum absolute atomic E-state index is 12.6. The number of rotatable bonds is 8. The number of aromatic nitrogens is 1. The average Bonchev–Trinajstić information content (AvgIpc) is 3.48. The highest BCUT2D eigenvalue weighted by atomic mass is 32.1. The SMILES string of the molecule is O=C(CCC(=O)N1CCC(c2ccccc2)=N1)Nc1nc(-c2ccccc2OC(F)F)cs1. The van der Waals surface area contributed by atoms with Gasteiger partial charge in [-0.1, -0.05) is 42.5 Å². The number of hydrazone groups is 1. The third-order valence-electron chi connectivity index (χ3n) is 4.89. The topological polar surface area (TPSA) is 83.9 Å². The van der Waals surface area contributed by atoms with Crippen LogP contribution in [0.1, 0.15) is 24.8 Å². The van der Waals surface area contributed by atoms with Gasteiger partial charge < -0.3 is 10.1 Å². The molecule has 1 aliphatic heterocycles. The molecule has 0 saturated heterocycles. The van der Waals surface area contributed by atoms with Crippen molar-refractivity contribution in [2.24, 2.45) is 5.10 Å². The van der Waals surface area contributed by atoms with Crippen molar-refractivity contribution >= 4 is 34.0 Å². The van der Waals surface area contributed by atoms with Gasteiger partial charge in [0.15, 0.2) is 5.13 Å². The molecule has 0 radical (unpaired) electrons. The Kier molecular flexibility index (Phi) is 7.04. The van der Waals surface area contributed by atoms with Gasteiger partial charge in [-0.3, -0.25) is 9.59 Å². The van der Waals surface area contributed by atoms with E-state index in [9.17, 15) is 18.4 Å². The van der Waals surface area contributed by atoms with E-state index in [1.54, 1.807) is 23.6 Å². The molecular weight excluding hydrogens is 450 g/mol. The Labute approximate surface area is 192 Å². The highest BCUT2D eigenvalue weighted by Gasteiger charge is 2.22. The summed E-state index contributed by atoms with van der Waals surface area (Å²) in [5.41, 5.74) is 2.62. The number of amides is 2. The fourth-order valence-corrected chi connectivity index (χ4v) is 4.06. The monoisotopic (exact) mass is 470 g/mol. The van der Waals surface area contributed by atoms with Crippen LogP contribution < -0.4 is 10.1 Å². The van der Waals surface area contributed by atoms with E-state index in [2.05, 4.69) is 20.1 Å². The summed E-state index contributed by atoms with van der Waals surface area (Å²) >= 11 is 1.15. The minimum Gasteiger partial charge on any atom is -0.434 e. The zero-order chi connectivity index (χ0) is 23.2. The third kappa shape index (κ3) is 5.78. The molecule has 0 atom stereocenters. The molecule has 10 heteroatoms. The molecule has 170 valence electrons. The third-order valence-corrected chi connectivity index (χ3v) is 5.65. The van der Waals surface area contributed by atoms with Gasteiger partial charge in [-0.15, -0.1) is 11.3 Å². The Morgan fingerprint density at radius 2 is 1.85 bits per heavy atom. The van der Waals surface area contributed by atoms with E-state index >= 15 is 0 Å². The summed E-state index contributed by atoms with van der Waals surface area (Å²) in [4.78, 5) is 29.0. The van der Waals surface area contributed by atoms with E-state index in [4.69, 9.17) is 0 Å². The van der Waals surface area contributed by atoms with E-state index in [0.717, 1.165) is 22.6 Å². The van der Waals surface area contributed by atoms with E-state index in [1.807, 2.05) is 30.3 Å². The summed E-state index contributed by atoms with van der Waals surface area (Å²) in [7, 11) is 0. The Morgan fingerprint density at radius 1 is 1.09 bits per heavy atom. The first kappa shape index (κ1) is 22.5. The molecule has 4 rings (SSSR count). The van der Waals surface area contributed by atoms with Gasteiger partial charge in [0, 0.05) is 30.2 Å². The number of ether oxygens (including phenoxy) is 1. The highest BCUT2D eigenvalue weighted by molar-refractivity contribution is 7.14. The molecule has 2 amide bonds. The fraction of sp³-hybridized carbons (Fsp3) is 0.217. The smallest absolute Gasteiger partial charge is 0.387 e.